The van der Waals surface area contributed by atoms with Crippen LogP contribution in [0, 0.1) is 0 Å². The fourth-order valence-electron chi connectivity index (χ4n) is 2.53. The number of rotatable bonds is 7. The van der Waals surface area contributed by atoms with Crippen LogP contribution in [0.25, 0.3) is 11.2 Å². The van der Waals surface area contributed by atoms with E-state index in [1.54, 1.807) is 0 Å². The molecule has 0 spiro atoms. The predicted molar refractivity (Wildman–Crippen MR) is 83.4 cm³/mol. The number of nitrogens with one attached hydrogen (secondary N) is 1. The first-order valence-electron chi connectivity index (χ1n) is 7.35. The SMILES string of the molecule is CCCc1nn(C)c2c1nc(CCl)n2CCC(=O)NCC. The first-order chi connectivity index (χ1) is 10.1. The molecule has 0 saturated heterocycles. The largest absolute Gasteiger partial charge is 0.356 e. The van der Waals surface area contributed by atoms with Crippen LogP contribution in [0.1, 0.15) is 38.2 Å². The van der Waals surface area contributed by atoms with E-state index in [9.17, 15) is 4.79 Å². The molecule has 2 aromatic rings. The van der Waals surface area contributed by atoms with Crippen LogP contribution in [0.5, 0.6) is 0 Å². The second-order valence-electron chi connectivity index (χ2n) is 5.01. The Morgan fingerprint density at radius 3 is 2.76 bits per heavy atom. The van der Waals surface area contributed by atoms with Crippen molar-refractivity contribution in [1.29, 1.82) is 0 Å². The lowest BCUT2D eigenvalue weighted by Crippen LogP contribution is -2.24. The Hall–Kier alpha value is -1.56. The minimum atomic E-state index is 0.0378. The van der Waals surface area contributed by atoms with Gasteiger partial charge in [0, 0.05) is 26.6 Å². The zero-order chi connectivity index (χ0) is 15.4. The molecule has 0 aliphatic heterocycles. The van der Waals surface area contributed by atoms with E-state index in [2.05, 4.69) is 22.3 Å². The van der Waals surface area contributed by atoms with Gasteiger partial charge in [0.1, 0.15) is 11.3 Å². The highest BCUT2D eigenvalue weighted by molar-refractivity contribution is 6.16. The Kier molecular flexibility index (Phi) is 5.22. The Labute approximate surface area is 129 Å². The Morgan fingerprint density at radius 1 is 1.38 bits per heavy atom. The van der Waals surface area contributed by atoms with E-state index in [1.807, 2.05) is 23.2 Å². The second-order valence-corrected chi connectivity index (χ2v) is 5.28. The number of carbonyl (C=O) groups excluding carboxylic acids is 1. The van der Waals surface area contributed by atoms with Crippen LogP contribution < -0.4 is 5.32 Å². The quantitative estimate of drug-likeness (QED) is 0.795. The third-order valence-corrected chi connectivity index (χ3v) is 3.65. The lowest BCUT2D eigenvalue weighted by atomic mass is 10.2. The molecule has 0 aliphatic rings. The predicted octanol–water partition coefficient (Wildman–Crippen LogP) is 1.99. The van der Waals surface area contributed by atoms with Crippen molar-refractivity contribution in [3.05, 3.63) is 11.5 Å². The van der Waals surface area contributed by atoms with Gasteiger partial charge in [-0.25, -0.2) is 4.98 Å². The molecule has 6 nitrogen and oxygen atoms in total. The minimum absolute atomic E-state index is 0.0378. The molecular weight excluding hydrogens is 290 g/mol. The van der Waals surface area contributed by atoms with Crippen molar-refractivity contribution in [2.75, 3.05) is 6.54 Å². The number of hydrogen-bond donors (Lipinski definition) is 1. The number of carbonyl (C=O) groups is 1. The van der Waals surface area contributed by atoms with E-state index in [-0.39, 0.29) is 5.91 Å². The Morgan fingerprint density at radius 2 is 2.14 bits per heavy atom. The molecule has 7 heteroatoms. The van der Waals surface area contributed by atoms with Crippen molar-refractivity contribution in [1.82, 2.24) is 24.6 Å². The summed E-state index contributed by atoms with van der Waals surface area (Å²) in [4.78, 5) is 16.3. The molecule has 0 unspecified atom stereocenters. The van der Waals surface area contributed by atoms with Gasteiger partial charge < -0.3 is 9.88 Å². The van der Waals surface area contributed by atoms with Crippen LogP contribution in [0.3, 0.4) is 0 Å². The van der Waals surface area contributed by atoms with Gasteiger partial charge in [0.05, 0.1) is 11.6 Å². The highest BCUT2D eigenvalue weighted by Crippen LogP contribution is 2.22. The maximum absolute atomic E-state index is 11.7. The summed E-state index contributed by atoms with van der Waals surface area (Å²) in [5, 5.41) is 7.33. The highest BCUT2D eigenvalue weighted by atomic mass is 35.5. The molecule has 0 aliphatic carbocycles. The summed E-state index contributed by atoms with van der Waals surface area (Å²) in [7, 11) is 1.91. The molecule has 1 N–H and O–H groups in total. The van der Waals surface area contributed by atoms with E-state index in [1.165, 1.54) is 0 Å². The highest BCUT2D eigenvalue weighted by Gasteiger charge is 2.18. The van der Waals surface area contributed by atoms with Gasteiger partial charge >= 0.3 is 0 Å². The van der Waals surface area contributed by atoms with Gasteiger partial charge in [-0.2, -0.15) is 5.10 Å². The lowest BCUT2D eigenvalue weighted by molar-refractivity contribution is -0.121. The van der Waals surface area contributed by atoms with Crippen LogP contribution in [-0.4, -0.2) is 31.8 Å². The topological polar surface area (TPSA) is 64.7 Å². The molecule has 0 atom stereocenters. The molecule has 0 fully saturated rings. The standard InChI is InChI=1S/C14H22ClN5O/c1-4-6-10-13-14(19(3)18-10)20(11(9-15)17-13)8-7-12(21)16-5-2/h4-9H2,1-3H3,(H,16,21). The molecule has 0 radical (unpaired) electrons. The fraction of sp³-hybridized carbons (Fsp3) is 0.643. The Balaban J connectivity index is 2.34. The second kappa shape index (κ2) is 6.93. The maximum atomic E-state index is 11.7. The normalized spacial score (nSPS) is 11.2. The molecule has 1 amide bonds. The van der Waals surface area contributed by atoms with Crippen molar-refractivity contribution in [3.63, 3.8) is 0 Å². The monoisotopic (exact) mass is 311 g/mol. The number of nitrogens with zero attached hydrogens (tertiary/aromatic N) is 4. The molecule has 2 rings (SSSR count). The van der Waals surface area contributed by atoms with Crippen molar-refractivity contribution in [2.45, 2.75) is 45.5 Å². The molecule has 2 aromatic heterocycles. The van der Waals surface area contributed by atoms with Crippen molar-refractivity contribution < 1.29 is 4.79 Å². The van der Waals surface area contributed by atoms with Gasteiger partial charge in [-0.1, -0.05) is 13.3 Å². The Bertz CT molecular complexity index is 631. The molecule has 0 aromatic carbocycles. The summed E-state index contributed by atoms with van der Waals surface area (Å²) in [6.45, 7) is 5.24. The smallest absolute Gasteiger partial charge is 0.221 e. The van der Waals surface area contributed by atoms with Crippen LogP contribution in [-0.2, 0) is 30.7 Å². The van der Waals surface area contributed by atoms with Gasteiger partial charge in [-0.05, 0) is 13.3 Å². The van der Waals surface area contributed by atoms with Gasteiger partial charge in [0.25, 0.3) is 0 Å². The van der Waals surface area contributed by atoms with Crippen molar-refractivity contribution in [2.24, 2.45) is 7.05 Å². The van der Waals surface area contributed by atoms with Crippen LogP contribution in [0.4, 0.5) is 0 Å². The summed E-state index contributed by atoms with van der Waals surface area (Å²) in [6, 6.07) is 0. The number of hydrogen-bond acceptors (Lipinski definition) is 3. The summed E-state index contributed by atoms with van der Waals surface area (Å²) in [5.41, 5.74) is 2.85. The number of imidazole rings is 1. The number of fused-ring (bicyclic) bond motifs is 1. The van der Waals surface area contributed by atoms with Crippen LogP contribution >= 0.6 is 11.6 Å². The van der Waals surface area contributed by atoms with Gasteiger partial charge in [0.2, 0.25) is 5.91 Å². The zero-order valence-corrected chi connectivity index (χ0v) is 13.6. The molecule has 116 valence electrons. The van der Waals surface area contributed by atoms with E-state index < -0.39 is 0 Å². The first kappa shape index (κ1) is 15.8. The van der Waals surface area contributed by atoms with Gasteiger partial charge in [-0.3, -0.25) is 9.48 Å². The number of amides is 1. The molecule has 2 heterocycles. The molecule has 21 heavy (non-hydrogen) atoms. The summed E-state index contributed by atoms with van der Waals surface area (Å²) in [6.07, 6.45) is 2.33. The number of alkyl halides is 1. The van der Waals surface area contributed by atoms with E-state index in [0.717, 1.165) is 35.5 Å². The first-order valence-corrected chi connectivity index (χ1v) is 7.89. The van der Waals surface area contributed by atoms with Gasteiger partial charge in [-0.15, -0.1) is 11.6 Å². The summed E-state index contributed by atoms with van der Waals surface area (Å²) >= 11 is 6.01. The van der Waals surface area contributed by atoms with E-state index >= 15 is 0 Å². The summed E-state index contributed by atoms with van der Waals surface area (Å²) < 4.78 is 3.84. The van der Waals surface area contributed by atoms with Crippen LogP contribution in [0.2, 0.25) is 0 Å². The number of aromatic nitrogens is 4. The fourth-order valence-corrected chi connectivity index (χ4v) is 2.73. The van der Waals surface area contributed by atoms with E-state index in [4.69, 9.17) is 11.6 Å². The zero-order valence-electron chi connectivity index (χ0n) is 12.8. The average Bonchev–Trinajstić information content (AvgIpc) is 2.96. The number of aryl methyl sites for hydroxylation is 3. The average molecular weight is 312 g/mol. The maximum Gasteiger partial charge on any atom is 0.221 e. The van der Waals surface area contributed by atoms with Crippen molar-refractivity contribution >= 4 is 28.7 Å². The molecule has 0 bridgehead atoms. The molecular formula is C14H22ClN5O. The van der Waals surface area contributed by atoms with Crippen LogP contribution in [0.15, 0.2) is 0 Å². The lowest BCUT2D eigenvalue weighted by Gasteiger charge is -2.08. The number of halogens is 1. The molecule has 0 saturated carbocycles. The summed E-state index contributed by atoms with van der Waals surface area (Å²) in [5.74, 6) is 1.16. The minimum Gasteiger partial charge on any atom is -0.356 e. The third kappa shape index (κ3) is 3.20. The third-order valence-electron chi connectivity index (χ3n) is 3.41. The van der Waals surface area contributed by atoms with Crippen molar-refractivity contribution in [3.8, 4) is 0 Å². The van der Waals surface area contributed by atoms with E-state index in [0.29, 0.717) is 25.4 Å². The van der Waals surface area contributed by atoms with Gasteiger partial charge in [0.15, 0.2) is 5.65 Å².